The van der Waals surface area contributed by atoms with Crippen molar-refractivity contribution in [3.63, 3.8) is 0 Å². The molecule has 2 nitrogen and oxygen atoms in total. The molecule has 0 spiro atoms. The quantitative estimate of drug-likeness (QED) is 0.477. The fraction of sp³-hybridized carbons (Fsp3) is 0. The summed E-state index contributed by atoms with van der Waals surface area (Å²) in [4.78, 5) is 12.9. The van der Waals surface area contributed by atoms with Crippen molar-refractivity contribution in [3.8, 4) is 5.69 Å². The topological polar surface area (TPSA) is 22.0 Å². The summed E-state index contributed by atoms with van der Waals surface area (Å²) in [6, 6.07) is 17.7. The fourth-order valence-corrected chi connectivity index (χ4v) is 2.93. The van der Waals surface area contributed by atoms with Crippen LogP contribution in [0.2, 0.25) is 0 Å². The highest BCUT2D eigenvalue weighted by Crippen LogP contribution is 2.25. The molecule has 0 atom stereocenters. The van der Waals surface area contributed by atoms with Crippen molar-refractivity contribution in [2.24, 2.45) is 0 Å². The molecular weight excluding hydrogens is 296 g/mol. The van der Waals surface area contributed by atoms with Gasteiger partial charge in [0.15, 0.2) is 0 Å². The molecule has 0 aliphatic carbocycles. The van der Waals surface area contributed by atoms with Gasteiger partial charge in [-0.3, -0.25) is 9.36 Å². The van der Waals surface area contributed by atoms with Gasteiger partial charge in [0.25, 0.3) is 5.56 Å². The first-order valence-corrected chi connectivity index (χ1v) is 7.15. The van der Waals surface area contributed by atoms with Gasteiger partial charge in [-0.1, -0.05) is 36.4 Å². The van der Waals surface area contributed by atoms with Gasteiger partial charge in [-0.25, -0.2) is 8.78 Å². The van der Waals surface area contributed by atoms with Crippen molar-refractivity contribution in [2.75, 3.05) is 0 Å². The molecule has 0 saturated carbocycles. The number of fused-ring (bicyclic) bond motifs is 3. The number of hydrogen-bond donors (Lipinski definition) is 0. The van der Waals surface area contributed by atoms with E-state index in [0.29, 0.717) is 10.9 Å². The maximum Gasteiger partial charge on any atom is 0.263 e. The lowest BCUT2D eigenvalue weighted by Crippen LogP contribution is -2.20. The Bertz CT molecular complexity index is 1120. The second kappa shape index (κ2) is 5.02. The molecule has 0 bridgehead atoms. The summed E-state index contributed by atoms with van der Waals surface area (Å²) in [7, 11) is 0. The van der Waals surface area contributed by atoms with E-state index in [-0.39, 0.29) is 11.2 Å². The molecule has 0 unspecified atom stereocenters. The van der Waals surface area contributed by atoms with Gasteiger partial charge in [0.05, 0.1) is 11.2 Å². The minimum atomic E-state index is -0.771. The van der Waals surface area contributed by atoms with Crippen LogP contribution in [0.1, 0.15) is 0 Å². The maximum absolute atomic E-state index is 14.2. The predicted molar refractivity (Wildman–Crippen MR) is 87.0 cm³/mol. The number of nitrogens with zero attached hydrogens (tertiary/aromatic N) is 1. The molecule has 23 heavy (non-hydrogen) atoms. The van der Waals surface area contributed by atoms with E-state index in [1.165, 1.54) is 10.6 Å². The SMILES string of the molecule is O=c1c2ccccc2c2ccccc2n1-c1ccc(F)cc1F. The second-order valence-corrected chi connectivity index (χ2v) is 5.30. The van der Waals surface area contributed by atoms with E-state index in [9.17, 15) is 13.6 Å². The van der Waals surface area contributed by atoms with E-state index in [1.54, 1.807) is 24.3 Å². The monoisotopic (exact) mass is 307 g/mol. The lowest BCUT2D eigenvalue weighted by molar-refractivity contribution is 0.578. The van der Waals surface area contributed by atoms with Crippen molar-refractivity contribution in [2.45, 2.75) is 0 Å². The fourth-order valence-electron chi connectivity index (χ4n) is 2.93. The van der Waals surface area contributed by atoms with E-state index in [0.717, 1.165) is 22.9 Å². The van der Waals surface area contributed by atoms with E-state index in [4.69, 9.17) is 0 Å². The average molecular weight is 307 g/mol. The maximum atomic E-state index is 14.2. The molecule has 1 heterocycles. The normalized spacial score (nSPS) is 11.2. The predicted octanol–water partition coefficient (Wildman–Crippen LogP) is 4.42. The van der Waals surface area contributed by atoms with Crippen LogP contribution in [0.5, 0.6) is 0 Å². The van der Waals surface area contributed by atoms with Gasteiger partial charge in [0, 0.05) is 16.8 Å². The molecule has 0 aliphatic heterocycles. The molecule has 0 fully saturated rings. The Morgan fingerprint density at radius 2 is 1.39 bits per heavy atom. The Kier molecular flexibility index (Phi) is 2.98. The van der Waals surface area contributed by atoms with Crippen molar-refractivity contribution in [1.29, 1.82) is 0 Å². The highest BCUT2D eigenvalue weighted by Gasteiger charge is 2.14. The number of pyridine rings is 1. The number of benzene rings is 3. The number of aromatic nitrogens is 1. The van der Waals surface area contributed by atoms with Crippen LogP contribution in [0, 0.1) is 11.6 Å². The molecule has 0 radical (unpaired) electrons. The molecule has 0 aliphatic rings. The van der Waals surface area contributed by atoms with Crippen LogP contribution >= 0.6 is 0 Å². The molecular formula is C19H11F2NO. The Hall–Kier alpha value is -3.01. The Labute approximate surface area is 130 Å². The van der Waals surface area contributed by atoms with Crippen LogP contribution in [-0.4, -0.2) is 4.57 Å². The minimum absolute atomic E-state index is 0.0401. The summed E-state index contributed by atoms with van der Waals surface area (Å²) in [6.07, 6.45) is 0. The summed E-state index contributed by atoms with van der Waals surface area (Å²) in [5, 5.41) is 2.15. The van der Waals surface area contributed by atoms with Gasteiger partial charge in [0.2, 0.25) is 0 Å². The third kappa shape index (κ3) is 2.03. The van der Waals surface area contributed by atoms with Crippen LogP contribution < -0.4 is 5.56 Å². The van der Waals surface area contributed by atoms with Gasteiger partial charge in [-0.15, -0.1) is 0 Å². The van der Waals surface area contributed by atoms with Crippen LogP contribution in [0.3, 0.4) is 0 Å². The van der Waals surface area contributed by atoms with Crippen molar-refractivity contribution < 1.29 is 8.78 Å². The van der Waals surface area contributed by atoms with E-state index in [1.807, 2.05) is 24.3 Å². The van der Waals surface area contributed by atoms with Gasteiger partial charge < -0.3 is 0 Å². The molecule has 4 rings (SSSR count). The van der Waals surface area contributed by atoms with E-state index in [2.05, 4.69) is 0 Å². The largest absolute Gasteiger partial charge is 0.273 e. The number of rotatable bonds is 1. The molecule has 3 aromatic carbocycles. The lowest BCUT2D eigenvalue weighted by atomic mass is 10.1. The summed E-state index contributed by atoms with van der Waals surface area (Å²) < 4.78 is 28.7. The third-order valence-electron chi connectivity index (χ3n) is 3.95. The number of halogens is 2. The van der Waals surface area contributed by atoms with Gasteiger partial charge >= 0.3 is 0 Å². The molecule has 4 heteroatoms. The van der Waals surface area contributed by atoms with E-state index >= 15 is 0 Å². The van der Waals surface area contributed by atoms with E-state index < -0.39 is 11.6 Å². The zero-order chi connectivity index (χ0) is 16.0. The van der Waals surface area contributed by atoms with Crippen molar-refractivity contribution in [3.05, 3.63) is 88.7 Å². The number of hydrogen-bond acceptors (Lipinski definition) is 1. The smallest absolute Gasteiger partial charge is 0.263 e. The van der Waals surface area contributed by atoms with Crippen LogP contribution in [0.25, 0.3) is 27.4 Å². The Balaban J connectivity index is 2.25. The summed E-state index contributed by atoms with van der Waals surface area (Å²) in [5.41, 5.74) is 0.296. The summed E-state index contributed by atoms with van der Waals surface area (Å²) >= 11 is 0. The second-order valence-electron chi connectivity index (χ2n) is 5.30. The van der Waals surface area contributed by atoms with Gasteiger partial charge in [-0.2, -0.15) is 0 Å². The Morgan fingerprint density at radius 1 is 0.739 bits per heavy atom. The van der Waals surface area contributed by atoms with Gasteiger partial charge in [0.1, 0.15) is 11.6 Å². The van der Waals surface area contributed by atoms with Crippen molar-refractivity contribution >= 4 is 21.7 Å². The lowest BCUT2D eigenvalue weighted by Gasteiger charge is -2.13. The highest BCUT2D eigenvalue weighted by atomic mass is 19.1. The van der Waals surface area contributed by atoms with Crippen molar-refractivity contribution in [1.82, 2.24) is 4.57 Å². The van der Waals surface area contributed by atoms with Crippen LogP contribution in [0.15, 0.2) is 71.5 Å². The highest BCUT2D eigenvalue weighted by molar-refractivity contribution is 6.06. The van der Waals surface area contributed by atoms with Gasteiger partial charge in [-0.05, 0) is 29.7 Å². The zero-order valence-electron chi connectivity index (χ0n) is 12.0. The Morgan fingerprint density at radius 3 is 2.13 bits per heavy atom. The molecule has 0 N–H and O–H groups in total. The standard InChI is InChI=1S/C19H11F2NO/c20-12-9-10-18(16(21)11-12)22-17-8-4-3-6-14(17)13-5-1-2-7-15(13)19(22)23/h1-11H. The first-order valence-electron chi connectivity index (χ1n) is 7.15. The molecule has 0 amide bonds. The molecule has 0 saturated heterocycles. The molecule has 112 valence electrons. The molecule has 4 aromatic rings. The minimum Gasteiger partial charge on any atom is -0.273 e. The summed E-state index contributed by atoms with van der Waals surface area (Å²) in [6.45, 7) is 0. The first kappa shape index (κ1) is 13.6. The van der Waals surface area contributed by atoms with Crippen LogP contribution in [0.4, 0.5) is 8.78 Å². The number of para-hydroxylation sites is 1. The zero-order valence-corrected chi connectivity index (χ0v) is 12.0. The first-order chi connectivity index (χ1) is 11.2. The summed E-state index contributed by atoms with van der Waals surface area (Å²) in [5.74, 6) is -1.45. The van der Waals surface area contributed by atoms with Crippen LogP contribution in [-0.2, 0) is 0 Å². The third-order valence-corrected chi connectivity index (χ3v) is 3.95. The molecule has 1 aromatic heterocycles. The average Bonchev–Trinajstić information content (AvgIpc) is 2.57.